The third-order valence-electron chi connectivity index (χ3n) is 3.64. The number of nitrogens with one attached hydrogen (secondary N) is 2. The standard InChI is InChI=1S/C14H21N3O2/c1-3-17(11-6-8-15-9-7-11)14(19)12-5-4-10(2)16-13(12)18/h4-5,11,15H,3,6-9H2,1-2H3,(H,16,18). The number of hydrogen-bond donors (Lipinski definition) is 2. The van der Waals surface area contributed by atoms with Gasteiger partial charge in [-0.1, -0.05) is 0 Å². The molecule has 1 aliphatic heterocycles. The van der Waals surface area contributed by atoms with E-state index in [-0.39, 0.29) is 23.1 Å². The zero-order valence-corrected chi connectivity index (χ0v) is 11.5. The van der Waals surface area contributed by atoms with Gasteiger partial charge in [-0.2, -0.15) is 0 Å². The molecule has 0 aromatic carbocycles. The van der Waals surface area contributed by atoms with Gasteiger partial charge in [-0.15, -0.1) is 0 Å². The van der Waals surface area contributed by atoms with Crippen molar-refractivity contribution in [3.63, 3.8) is 0 Å². The lowest BCUT2D eigenvalue weighted by Gasteiger charge is -2.33. The summed E-state index contributed by atoms with van der Waals surface area (Å²) in [7, 11) is 0. The number of nitrogens with zero attached hydrogens (tertiary/aromatic N) is 1. The van der Waals surface area contributed by atoms with Crippen LogP contribution >= 0.6 is 0 Å². The third-order valence-corrected chi connectivity index (χ3v) is 3.64. The van der Waals surface area contributed by atoms with Crippen LogP contribution in [0.2, 0.25) is 0 Å². The van der Waals surface area contributed by atoms with Crippen LogP contribution in [0.4, 0.5) is 0 Å². The Morgan fingerprint density at radius 1 is 1.37 bits per heavy atom. The van der Waals surface area contributed by atoms with Gasteiger partial charge in [0.05, 0.1) is 0 Å². The summed E-state index contributed by atoms with van der Waals surface area (Å²) in [5.41, 5.74) is 0.717. The molecule has 0 bridgehead atoms. The van der Waals surface area contributed by atoms with Crippen LogP contribution in [0.15, 0.2) is 16.9 Å². The third kappa shape index (κ3) is 3.04. The summed E-state index contributed by atoms with van der Waals surface area (Å²) < 4.78 is 0. The van der Waals surface area contributed by atoms with Crippen molar-refractivity contribution < 1.29 is 4.79 Å². The fourth-order valence-electron chi connectivity index (χ4n) is 2.58. The van der Waals surface area contributed by atoms with Gasteiger partial charge in [0.15, 0.2) is 0 Å². The van der Waals surface area contributed by atoms with E-state index in [0.29, 0.717) is 6.54 Å². The van der Waals surface area contributed by atoms with Crippen molar-refractivity contribution in [1.82, 2.24) is 15.2 Å². The largest absolute Gasteiger partial charge is 0.336 e. The quantitative estimate of drug-likeness (QED) is 0.851. The topological polar surface area (TPSA) is 65.2 Å². The zero-order valence-electron chi connectivity index (χ0n) is 11.5. The lowest BCUT2D eigenvalue weighted by atomic mass is 10.0. The summed E-state index contributed by atoms with van der Waals surface area (Å²) in [5, 5.41) is 3.29. The number of amides is 1. The maximum atomic E-state index is 12.5. The van der Waals surface area contributed by atoms with Crippen molar-refractivity contribution in [2.75, 3.05) is 19.6 Å². The minimum atomic E-state index is -0.294. The molecule has 104 valence electrons. The maximum Gasteiger partial charge on any atom is 0.260 e. The summed E-state index contributed by atoms with van der Waals surface area (Å²) in [6, 6.07) is 3.63. The van der Waals surface area contributed by atoms with Gasteiger partial charge in [0.1, 0.15) is 5.56 Å². The summed E-state index contributed by atoms with van der Waals surface area (Å²) in [6.07, 6.45) is 1.90. The maximum absolute atomic E-state index is 12.5. The molecule has 1 aromatic heterocycles. The first-order valence-corrected chi connectivity index (χ1v) is 6.85. The summed E-state index contributed by atoms with van der Waals surface area (Å²) in [4.78, 5) is 28.9. The van der Waals surface area contributed by atoms with Crippen LogP contribution in [-0.2, 0) is 0 Å². The Balaban J connectivity index is 2.22. The molecular formula is C14H21N3O2. The molecule has 0 atom stereocenters. The fraction of sp³-hybridized carbons (Fsp3) is 0.571. The molecule has 5 nitrogen and oxygen atoms in total. The minimum Gasteiger partial charge on any atom is -0.336 e. The van der Waals surface area contributed by atoms with E-state index in [2.05, 4.69) is 10.3 Å². The van der Waals surface area contributed by atoms with Gasteiger partial charge in [-0.05, 0) is 51.9 Å². The van der Waals surface area contributed by atoms with Crippen LogP contribution in [0.5, 0.6) is 0 Å². The molecule has 0 aliphatic carbocycles. The molecule has 0 saturated carbocycles. The summed E-state index contributed by atoms with van der Waals surface area (Å²) in [6.45, 7) is 6.26. The number of carbonyl (C=O) groups is 1. The predicted molar refractivity (Wildman–Crippen MR) is 74.4 cm³/mol. The fourth-order valence-corrected chi connectivity index (χ4v) is 2.58. The Hall–Kier alpha value is -1.62. The second kappa shape index (κ2) is 6.02. The van der Waals surface area contributed by atoms with E-state index in [9.17, 15) is 9.59 Å². The van der Waals surface area contributed by atoms with Crippen LogP contribution in [-0.4, -0.2) is 41.5 Å². The highest BCUT2D eigenvalue weighted by Crippen LogP contribution is 2.14. The van der Waals surface area contributed by atoms with E-state index in [1.54, 1.807) is 19.1 Å². The highest BCUT2D eigenvalue weighted by molar-refractivity contribution is 5.94. The zero-order chi connectivity index (χ0) is 13.8. The molecule has 2 rings (SSSR count). The van der Waals surface area contributed by atoms with E-state index in [4.69, 9.17) is 0 Å². The molecule has 5 heteroatoms. The smallest absolute Gasteiger partial charge is 0.260 e. The average molecular weight is 263 g/mol. The number of aryl methyl sites for hydroxylation is 1. The van der Waals surface area contributed by atoms with Gasteiger partial charge in [-0.25, -0.2) is 0 Å². The Kier molecular flexibility index (Phi) is 4.37. The summed E-state index contributed by atoms with van der Waals surface area (Å²) in [5.74, 6) is -0.157. The van der Waals surface area contributed by atoms with Crippen LogP contribution in [0.3, 0.4) is 0 Å². The molecule has 19 heavy (non-hydrogen) atoms. The normalized spacial score (nSPS) is 16.3. The number of H-pyrrole nitrogens is 1. The first-order chi connectivity index (χ1) is 9.13. The first kappa shape index (κ1) is 13.8. The number of carbonyl (C=O) groups excluding carboxylic acids is 1. The van der Waals surface area contributed by atoms with Gasteiger partial charge in [0.2, 0.25) is 0 Å². The lowest BCUT2D eigenvalue weighted by molar-refractivity contribution is 0.0654. The highest BCUT2D eigenvalue weighted by atomic mass is 16.2. The molecule has 1 amide bonds. The Bertz CT molecular complexity index is 504. The Morgan fingerprint density at radius 2 is 2.05 bits per heavy atom. The van der Waals surface area contributed by atoms with Crippen LogP contribution in [0.1, 0.15) is 35.8 Å². The van der Waals surface area contributed by atoms with Crippen LogP contribution < -0.4 is 10.9 Å². The average Bonchev–Trinajstić information content (AvgIpc) is 2.40. The molecular weight excluding hydrogens is 242 g/mol. The van der Waals surface area contributed by atoms with E-state index in [1.165, 1.54) is 0 Å². The lowest BCUT2D eigenvalue weighted by Crippen LogP contribution is -2.47. The number of aromatic nitrogens is 1. The number of piperidine rings is 1. The molecule has 0 spiro atoms. The van der Waals surface area contributed by atoms with Gasteiger partial charge in [-0.3, -0.25) is 9.59 Å². The molecule has 0 unspecified atom stereocenters. The van der Waals surface area contributed by atoms with Crippen LogP contribution in [0, 0.1) is 6.92 Å². The van der Waals surface area contributed by atoms with Crippen LogP contribution in [0.25, 0.3) is 0 Å². The van der Waals surface area contributed by atoms with Crippen molar-refractivity contribution in [2.45, 2.75) is 32.7 Å². The number of rotatable bonds is 3. The predicted octanol–water partition coefficient (Wildman–Crippen LogP) is 0.897. The number of aromatic amines is 1. The molecule has 1 saturated heterocycles. The molecule has 1 aliphatic rings. The van der Waals surface area contributed by atoms with E-state index in [0.717, 1.165) is 31.6 Å². The molecule has 2 N–H and O–H groups in total. The first-order valence-electron chi connectivity index (χ1n) is 6.85. The highest BCUT2D eigenvalue weighted by Gasteiger charge is 2.26. The second-order valence-corrected chi connectivity index (χ2v) is 4.96. The molecule has 1 aromatic rings. The van der Waals surface area contributed by atoms with Gasteiger partial charge in [0.25, 0.3) is 11.5 Å². The Labute approximate surface area is 113 Å². The SMILES string of the molecule is CCN(C(=O)c1ccc(C)[nH]c1=O)C1CCNCC1. The van der Waals surface area contributed by atoms with Crippen molar-refractivity contribution in [3.05, 3.63) is 33.7 Å². The van der Waals surface area contributed by atoms with E-state index < -0.39 is 0 Å². The van der Waals surface area contributed by atoms with Crippen molar-refractivity contribution >= 4 is 5.91 Å². The molecule has 2 heterocycles. The summed E-state index contributed by atoms with van der Waals surface area (Å²) >= 11 is 0. The van der Waals surface area contributed by atoms with Crippen molar-refractivity contribution in [1.29, 1.82) is 0 Å². The van der Waals surface area contributed by atoms with Crippen molar-refractivity contribution in [3.8, 4) is 0 Å². The van der Waals surface area contributed by atoms with Gasteiger partial charge >= 0.3 is 0 Å². The number of hydrogen-bond acceptors (Lipinski definition) is 3. The van der Waals surface area contributed by atoms with E-state index in [1.807, 2.05) is 11.8 Å². The molecule has 0 radical (unpaired) electrons. The Morgan fingerprint density at radius 3 is 2.63 bits per heavy atom. The van der Waals surface area contributed by atoms with Crippen molar-refractivity contribution in [2.24, 2.45) is 0 Å². The monoisotopic (exact) mass is 263 g/mol. The minimum absolute atomic E-state index is 0.157. The van der Waals surface area contributed by atoms with E-state index >= 15 is 0 Å². The van der Waals surface area contributed by atoms with Gasteiger partial charge < -0.3 is 15.2 Å². The number of pyridine rings is 1. The van der Waals surface area contributed by atoms with Gasteiger partial charge in [0, 0.05) is 18.3 Å². The second-order valence-electron chi connectivity index (χ2n) is 4.96. The molecule has 1 fully saturated rings.